The molecule has 0 spiro atoms. The molecule has 0 unspecified atom stereocenters. The third-order valence-electron chi connectivity index (χ3n) is 5.79. The third-order valence-corrected chi connectivity index (χ3v) is 5.79. The van der Waals surface area contributed by atoms with Crippen molar-refractivity contribution in [2.45, 2.75) is 20.8 Å². The Morgan fingerprint density at radius 1 is 0.833 bits per heavy atom. The first kappa shape index (κ1) is 18.6. The maximum atomic E-state index is 4.89. The van der Waals surface area contributed by atoms with E-state index in [0.717, 1.165) is 66.0 Å². The summed E-state index contributed by atoms with van der Waals surface area (Å²) in [6.45, 7) is 9.96. The highest BCUT2D eigenvalue weighted by Crippen LogP contribution is 2.31. The minimum Gasteiger partial charge on any atom is -0.353 e. The highest BCUT2D eigenvalue weighted by Gasteiger charge is 2.23. The summed E-state index contributed by atoms with van der Waals surface area (Å²) in [6, 6.07) is 16.8. The van der Waals surface area contributed by atoms with E-state index in [9.17, 15) is 0 Å². The molecular weight excluding hydrogens is 372 g/mol. The Balaban J connectivity index is 1.50. The minimum absolute atomic E-state index is 0.925. The number of nitrogens with zero attached hydrogens (tertiary/aromatic N) is 6. The predicted molar refractivity (Wildman–Crippen MR) is 121 cm³/mol. The lowest BCUT2D eigenvalue weighted by molar-refractivity contribution is 0.633. The Morgan fingerprint density at radius 2 is 1.57 bits per heavy atom. The highest BCUT2D eigenvalue weighted by atomic mass is 15.4. The molecule has 0 aliphatic carbocycles. The van der Waals surface area contributed by atoms with Crippen molar-refractivity contribution >= 4 is 17.3 Å². The molecule has 1 aromatic carbocycles. The van der Waals surface area contributed by atoms with Crippen LogP contribution in [0.4, 0.5) is 11.6 Å². The number of aryl methyl sites for hydroxylation is 3. The zero-order valence-corrected chi connectivity index (χ0v) is 17.7. The van der Waals surface area contributed by atoms with Crippen molar-refractivity contribution in [1.29, 1.82) is 0 Å². The zero-order chi connectivity index (χ0) is 20.7. The molecule has 0 bridgehead atoms. The maximum absolute atomic E-state index is 4.89. The summed E-state index contributed by atoms with van der Waals surface area (Å²) >= 11 is 0. The van der Waals surface area contributed by atoms with Gasteiger partial charge < -0.3 is 9.80 Å². The number of benzene rings is 1. The second-order valence-electron chi connectivity index (χ2n) is 7.98. The van der Waals surface area contributed by atoms with Gasteiger partial charge in [0.05, 0.1) is 5.69 Å². The van der Waals surface area contributed by atoms with Crippen LogP contribution in [-0.4, -0.2) is 45.8 Å². The molecule has 0 N–H and O–H groups in total. The fraction of sp³-hybridized carbons (Fsp3) is 0.292. The molecular formula is C24H26N6. The average molecular weight is 399 g/mol. The standard InChI is InChI=1S/C24H26N6/c1-17-7-9-20(10-8-17)23-19(3)27-30-22(16-18(2)26-24(23)30)29-14-12-28(13-15-29)21-6-4-5-11-25-21/h4-11,16H,12-15H2,1-3H3. The quantitative estimate of drug-likeness (QED) is 0.521. The molecule has 6 nitrogen and oxygen atoms in total. The number of rotatable bonds is 3. The van der Waals surface area contributed by atoms with Crippen LogP contribution < -0.4 is 9.80 Å². The van der Waals surface area contributed by atoms with Gasteiger partial charge in [0.1, 0.15) is 11.6 Å². The number of hydrogen-bond donors (Lipinski definition) is 0. The summed E-state index contributed by atoms with van der Waals surface area (Å²) in [5, 5.41) is 4.89. The Labute approximate surface area is 176 Å². The zero-order valence-electron chi connectivity index (χ0n) is 17.7. The van der Waals surface area contributed by atoms with Crippen LogP contribution >= 0.6 is 0 Å². The van der Waals surface area contributed by atoms with Crippen LogP contribution in [0.3, 0.4) is 0 Å². The Kier molecular flexibility index (Phi) is 4.62. The van der Waals surface area contributed by atoms with Gasteiger partial charge in [-0.3, -0.25) is 0 Å². The molecule has 4 aromatic rings. The molecule has 1 saturated heterocycles. The van der Waals surface area contributed by atoms with E-state index in [1.54, 1.807) is 0 Å². The van der Waals surface area contributed by atoms with Gasteiger partial charge in [0.15, 0.2) is 5.65 Å². The van der Waals surface area contributed by atoms with Gasteiger partial charge in [-0.15, -0.1) is 0 Å². The van der Waals surface area contributed by atoms with Crippen molar-refractivity contribution in [3.63, 3.8) is 0 Å². The van der Waals surface area contributed by atoms with Crippen LogP contribution in [0.5, 0.6) is 0 Å². The molecule has 0 amide bonds. The van der Waals surface area contributed by atoms with Crippen LogP contribution in [0.1, 0.15) is 17.0 Å². The van der Waals surface area contributed by atoms with Crippen molar-refractivity contribution in [3.8, 4) is 11.1 Å². The summed E-state index contributed by atoms with van der Waals surface area (Å²) in [5.41, 5.74) is 6.48. The SMILES string of the molecule is Cc1ccc(-c2c(C)nn3c(N4CCN(c5ccccn5)CC4)cc(C)nc23)cc1. The van der Waals surface area contributed by atoms with Crippen LogP contribution in [-0.2, 0) is 0 Å². The first-order valence-electron chi connectivity index (χ1n) is 10.4. The van der Waals surface area contributed by atoms with E-state index in [1.165, 1.54) is 5.56 Å². The topological polar surface area (TPSA) is 49.6 Å². The van der Waals surface area contributed by atoms with Crippen molar-refractivity contribution in [2.75, 3.05) is 36.0 Å². The number of aromatic nitrogens is 4. The van der Waals surface area contributed by atoms with Crippen molar-refractivity contribution < 1.29 is 0 Å². The third kappa shape index (κ3) is 3.28. The molecule has 4 heterocycles. The molecule has 1 aliphatic heterocycles. The number of hydrogen-bond acceptors (Lipinski definition) is 5. The number of pyridine rings is 1. The molecule has 0 saturated carbocycles. The van der Waals surface area contributed by atoms with Crippen LogP contribution in [0, 0.1) is 20.8 Å². The van der Waals surface area contributed by atoms with Crippen LogP contribution in [0.15, 0.2) is 54.7 Å². The molecule has 152 valence electrons. The van der Waals surface area contributed by atoms with E-state index < -0.39 is 0 Å². The number of fused-ring (bicyclic) bond motifs is 1. The van der Waals surface area contributed by atoms with Gasteiger partial charge in [-0.25, -0.2) is 9.97 Å². The minimum atomic E-state index is 0.925. The maximum Gasteiger partial charge on any atom is 0.165 e. The van der Waals surface area contributed by atoms with Gasteiger partial charge in [0.2, 0.25) is 0 Å². The van der Waals surface area contributed by atoms with Gasteiger partial charge in [0.25, 0.3) is 0 Å². The Hall–Kier alpha value is -3.41. The van der Waals surface area contributed by atoms with E-state index >= 15 is 0 Å². The lowest BCUT2D eigenvalue weighted by Gasteiger charge is -2.36. The van der Waals surface area contributed by atoms with E-state index in [1.807, 2.05) is 22.8 Å². The smallest absolute Gasteiger partial charge is 0.165 e. The molecule has 0 radical (unpaired) electrons. The first-order valence-corrected chi connectivity index (χ1v) is 10.4. The van der Waals surface area contributed by atoms with Crippen LogP contribution in [0.2, 0.25) is 0 Å². The molecule has 3 aromatic heterocycles. The van der Waals surface area contributed by atoms with E-state index in [0.29, 0.717) is 0 Å². The summed E-state index contributed by atoms with van der Waals surface area (Å²) in [5.74, 6) is 2.16. The predicted octanol–water partition coefficient (Wildman–Crippen LogP) is 4.04. The Bertz CT molecular complexity index is 1170. The highest BCUT2D eigenvalue weighted by molar-refractivity contribution is 5.81. The van der Waals surface area contributed by atoms with E-state index in [4.69, 9.17) is 10.1 Å². The van der Waals surface area contributed by atoms with Crippen LogP contribution in [0.25, 0.3) is 16.8 Å². The molecule has 6 heteroatoms. The van der Waals surface area contributed by atoms with Crippen molar-refractivity contribution in [2.24, 2.45) is 0 Å². The molecule has 1 fully saturated rings. The fourth-order valence-corrected chi connectivity index (χ4v) is 4.21. The molecule has 5 rings (SSSR count). The average Bonchev–Trinajstić information content (AvgIpc) is 3.10. The normalized spacial score (nSPS) is 14.5. The van der Waals surface area contributed by atoms with Gasteiger partial charge in [0, 0.05) is 49.7 Å². The van der Waals surface area contributed by atoms with Gasteiger partial charge in [-0.05, 0) is 38.5 Å². The second-order valence-corrected chi connectivity index (χ2v) is 7.98. The number of piperazine rings is 1. The Morgan fingerprint density at radius 3 is 2.27 bits per heavy atom. The summed E-state index contributed by atoms with van der Waals surface area (Å²) < 4.78 is 2.02. The lowest BCUT2D eigenvalue weighted by atomic mass is 10.0. The van der Waals surface area contributed by atoms with E-state index in [-0.39, 0.29) is 0 Å². The molecule has 30 heavy (non-hydrogen) atoms. The lowest BCUT2D eigenvalue weighted by Crippen LogP contribution is -2.47. The molecule has 0 atom stereocenters. The van der Waals surface area contributed by atoms with Gasteiger partial charge in [-0.1, -0.05) is 35.9 Å². The van der Waals surface area contributed by atoms with Gasteiger partial charge >= 0.3 is 0 Å². The largest absolute Gasteiger partial charge is 0.353 e. The summed E-state index contributed by atoms with van der Waals surface area (Å²) in [7, 11) is 0. The monoisotopic (exact) mass is 398 g/mol. The van der Waals surface area contributed by atoms with Crippen molar-refractivity contribution in [1.82, 2.24) is 19.6 Å². The fourth-order valence-electron chi connectivity index (χ4n) is 4.21. The van der Waals surface area contributed by atoms with Gasteiger partial charge in [-0.2, -0.15) is 9.61 Å². The van der Waals surface area contributed by atoms with E-state index in [2.05, 4.69) is 72.0 Å². The second kappa shape index (κ2) is 7.44. The summed E-state index contributed by atoms with van der Waals surface area (Å²) in [4.78, 5) is 14.1. The molecule has 1 aliphatic rings. The van der Waals surface area contributed by atoms with Crippen molar-refractivity contribution in [3.05, 3.63) is 71.7 Å². The first-order chi connectivity index (χ1) is 14.6. The number of anilines is 2. The summed E-state index contributed by atoms with van der Waals surface area (Å²) in [6.07, 6.45) is 1.86.